The van der Waals surface area contributed by atoms with E-state index in [4.69, 9.17) is 13.5 Å². The molecule has 1 radical (unpaired) electrons. The molecule has 0 bridgehead atoms. The van der Waals surface area contributed by atoms with Gasteiger partial charge in [0.15, 0.2) is 0 Å². The second-order valence-corrected chi connectivity index (χ2v) is 22.5. The number of furan rings is 2. The van der Waals surface area contributed by atoms with Crippen molar-refractivity contribution in [3.05, 3.63) is 296 Å². The van der Waals surface area contributed by atoms with Crippen molar-refractivity contribution in [3.63, 3.8) is 0 Å². The number of halogens is 1. The molecule has 403 valence electrons. The van der Waals surface area contributed by atoms with Gasteiger partial charge in [-0.3, -0.25) is 0 Å². The van der Waals surface area contributed by atoms with Crippen molar-refractivity contribution in [1.29, 1.82) is 0 Å². The Hall–Kier alpha value is -10.5. The third kappa shape index (κ3) is 8.40. The van der Waals surface area contributed by atoms with E-state index in [1.54, 1.807) is 0 Å². The van der Waals surface area contributed by atoms with Crippen LogP contribution in [0.5, 0.6) is 5.75 Å². The Balaban J connectivity index is 0.000000114. The standard InChI is InChI=1S/C40H24O.C24H16BO2.C16H9BrO/c1-3-15-27-25(12-1)14-11-22-30(27)37-31-18-5-7-20-33(31)38(34-21-8-6-19-32(34)37)39-28-16-4-2-13-26(28)24-35-29-17-9-10-23-36(29)41-40(35)39;26-25-27-24-21-13-5-3-11-19(21)23(20-12-4-6-14-22(20)24)18-15-7-9-16-8-1-2-10-17(16)18;17-15-11-6-2-1-5-10(11)9-13-12-7-3-4-8-14(12)18-16(13)15/h1-24H;1-15,26H;1-9H. The number of benzene rings is 16. The first-order valence-electron chi connectivity index (χ1n) is 28.9. The van der Waals surface area contributed by atoms with Crippen LogP contribution in [0, 0.1) is 0 Å². The zero-order valence-corrected chi connectivity index (χ0v) is 47.9. The number of para-hydroxylation sites is 2. The summed E-state index contributed by atoms with van der Waals surface area (Å²) in [5.74, 6) is 0.674. The van der Waals surface area contributed by atoms with Gasteiger partial charge in [0.2, 0.25) is 0 Å². The van der Waals surface area contributed by atoms with E-state index in [9.17, 15) is 5.02 Å². The second kappa shape index (κ2) is 21.3. The average molecular weight is 1160 g/mol. The van der Waals surface area contributed by atoms with E-state index in [2.05, 4.69) is 240 Å². The van der Waals surface area contributed by atoms with Crippen molar-refractivity contribution in [2.45, 2.75) is 0 Å². The summed E-state index contributed by atoms with van der Waals surface area (Å²) in [4.78, 5) is 0. The minimum atomic E-state index is 0.674. The van der Waals surface area contributed by atoms with Crippen LogP contribution < -0.4 is 4.65 Å². The lowest BCUT2D eigenvalue weighted by atomic mass is 9.83. The van der Waals surface area contributed by atoms with Gasteiger partial charge in [0, 0.05) is 43.4 Å². The Morgan fingerprint density at radius 2 is 0.593 bits per heavy atom. The van der Waals surface area contributed by atoms with Crippen molar-refractivity contribution in [3.8, 4) is 39.1 Å². The minimum absolute atomic E-state index is 0.674. The van der Waals surface area contributed by atoms with Crippen LogP contribution in [0.3, 0.4) is 0 Å². The monoisotopic (exact) mass is 1160 g/mol. The summed E-state index contributed by atoms with van der Waals surface area (Å²) in [7, 11) is 0.756. The fourth-order valence-corrected chi connectivity index (χ4v) is 14.0. The number of hydrogen-bond acceptors (Lipinski definition) is 4. The molecular weight excluding hydrogens is 1120 g/mol. The number of rotatable bonds is 5. The van der Waals surface area contributed by atoms with E-state index in [0.717, 1.165) is 77.8 Å². The number of fused-ring (bicyclic) bond motifs is 14. The normalized spacial score (nSPS) is 11.6. The highest BCUT2D eigenvalue weighted by molar-refractivity contribution is 9.10. The molecule has 0 fully saturated rings. The Morgan fingerprint density at radius 1 is 0.267 bits per heavy atom. The van der Waals surface area contributed by atoms with E-state index in [1.165, 1.54) is 97.8 Å². The molecule has 0 aliphatic heterocycles. The maximum absolute atomic E-state index is 9.32. The molecule has 0 saturated heterocycles. The molecule has 1 N–H and O–H groups in total. The molecule has 6 heteroatoms. The molecular formula is C80H49BBrO4. The predicted molar refractivity (Wildman–Crippen MR) is 367 cm³/mol. The summed E-state index contributed by atoms with van der Waals surface area (Å²) >= 11 is 3.67. The van der Waals surface area contributed by atoms with Gasteiger partial charge in [0.05, 0.1) is 4.47 Å². The molecule has 0 saturated carbocycles. The predicted octanol–water partition coefficient (Wildman–Crippen LogP) is 22.8. The highest BCUT2D eigenvalue weighted by Crippen LogP contribution is 2.51. The molecule has 16 aromatic carbocycles. The van der Waals surface area contributed by atoms with Gasteiger partial charge >= 0.3 is 7.69 Å². The van der Waals surface area contributed by atoms with Crippen LogP contribution in [0.4, 0.5) is 0 Å². The summed E-state index contributed by atoms with van der Waals surface area (Å²) in [6, 6.07) is 102. The lowest BCUT2D eigenvalue weighted by Gasteiger charge is -2.20. The van der Waals surface area contributed by atoms with Gasteiger partial charge in [-0.05, 0) is 138 Å². The van der Waals surface area contributed by atoms with Crippen molar-refractivity contribution >= 4 is 154 Å². The van der Waals surface area contributed by atoms with Gasteiger partial charge in [-0.1, -0.05) is 267 Å². The molecule has 0 aliphatic carbocycles. The summed E-state index contributed by atoms with van der Waals surface area (Å²) in [6.07, 6.45) is 0. The van der Waals surface area contributed by atoms with Gasteiger partial charge in [-0.25, -0.2) is 0 Å². The molecule has 0 spiro atoms. The molecule has 4 nitrogen and oxygen atoms in total. The Bertz CT molecular complexity index is 5600. The van der Waals surface area contributed by atoms with Crippen LogP contribution in [-0.4, -0.2) is 12.7 Å². The average Bonchev–Trinajstić information content (AvgIpc) is 1.33. The van der Waals surface area contributed by atoms with Gasteiger partial charge in [-0.2, -0.15) is 0 Å². The molecule has 18 rings (SSSR count). The molecule has 0 aliphatic rings. The smallest absolute Gasteiger partial charge is 0.537 e. The molecule has 0 amide bonds. The van der Waals surface area contributed by atoms with Crippen LogP contribution in [0.2, 0.25) is 0 Å². The third-order valence-electron chi connectivity index (χ3n) is 17.1. The third-order valence-corrected chi connectivity index (χ3v) is 17.9. The highest BCUT2D eigenvalue weighted by atomic mass is 79.9. The van der Waals surface area contributed by atoms with Gasteiger partial charge in [-0.15, -0.1) is 0 Å². The molecule has 0 unspecified atom stereocenters. The lowest BCUT2D eigenvalue weighted by Crippen LogP contribution is -2.02. The largest absolute Gasteiger partial charge is 0.569 e. The SMILES string of the molecule is Brc1c2ccccc2cc2c1oc1ccccc12.O[B]Oc1c2ccccc2c(-c2cccc3ccccc23)c2ccccc12.c1ccc2c(-c3c4ccccc4c(-c4c5ccccc5cc5c4oc4ccccc45)c4ccccc34)cccc2c1. The van der Waals surface area contributed by atoms with Gasteiger partial charge in [0.25, 0.3) is 0 Å². The lowest BCUT2D eigenvalue weighted by molar-refractivity contribution is 0.459. The zero-order valence-electron chi connectivity index (χ0n) is 46.3. The molecule has 86 heavy (non-hydrogen) atoms. The fourth-order valence-electron chi connectivity index (χ4n) is 13.4. The quantitative estimate of drug-likeness (QED) is 0.138. The Morgan fingerprint density at radius 3 is 1.07 bits per heavy atom. The van der Waals surface area contributed by atoms with Crippen LogP contribution in [0.25, 0.3) is 163 Å². The van der Waals surface area contributed by atoms with E-state index in [-0.39, 0.29) is 0 Å². The Labute approximate surface area is 503 Å². The Kier molecular flexibility index (Phi) is 12.7. The van der Waals surface area contributed by atoms with Crippen molar-refractivity contribution in [2.75, 3.05) is 0 Å². The van der Waals surface area contributed by atoms with Crippen molar-refractivity contribution in [2.24, 2.45) is 0 Å². The maximum atomic E-state index is 9.32. The number of hydrogen-bond donors (Lipinski definition) is 1. The molecule has 0 atom stereocenters. The van der Waals surface area contributed by atoms with Crippen molar-refractivity contribution in [1.82, 2.24) is 0 Å². The summed E-state index contributed by atoms with van der Waals surface area (Å²) in [5.41, 5.74) is 11.0. The topological polar surface area (TPSA) is 55.7 Å². The van der Waals surface area contributed by atoms with E-state index in [1.807, 2.05) is 66.7 Å². The molecule has 18 aromatic rings. The first-order chi connectivity index (χ1) is 42.6. The molecule has 2 heterocycles. The minimum Gasteiger partial charge on any atom is -0.537 e. The van der Waals surface area contributed by atoms with Crippen LogP contribution in [0.1, 0.15) is 0 Å². The van der Waals surface area contributed by atoms with E-state index in [0.29, 0.717) is 5.75 Å². The van der Waals surface area contributed by atoms with Crippen LogP contribution in [-0.2, 0) is 0 Å². The fraction of sp³-hybridized carbons (Fsp3) is 0. The van der Waals surface area contributed by atoms with E-state index < -0.39 is 0 Å². The molecule has 2 aromatic heterocycles. The van der Waals surface area contributed by atoms with Crippen molar-refractivity contribution < 1.29 is 18.5 Å². The summed E-state index contributed by atoms with van der Waals surface area (Å²) < 4.78 is 19.2. The van der Waals surface area contributed by atoms with Crippen LogP contribution in [0.15, 0.2) is 304 Å². The van der Waals surface area contributed by atoms with Crippen LogP contribution >= 0.6 is 15.9 Å². The maximum Gasteiger partial charge on any atom is 0.569 e. The van der Waals surface area contributed by atoms with Gasteiger partial charge < -0.3 is 18.5 Å². The zero-order chi connectivity index (χ0) is 57.2. The van der Waals surface area contributed by atoms with E-state index >= 15 is 0 Å². The summed E-state index contributed by atoms with van der Waals surface area (Å²) in [6.45, 7) is 0. The second-order valence-electron chi connectivity index (χ2n) is 21.7. The first-order valence-corrected chi connectivity index (χ1v) is 29.7. The highest BCUT2D eigenvalue weighted by Gasteiger charge is 2.24. The summed E-state index contributed by atoms with van der Waals surface area (Å²) in [5, 5.41) is 32.8. The first kappa shape index (κ1) is 51.2. The van der Waals surface area contributed by atoms with Gasteiger partial charge in [0.1, 0.15) is 28.1 Å².